The predicted molar refractivity (Wildman–Crippen MR) is 93.5 cm³/mol. The number of hydrogen-bond donors (Lipinski definition) is 0. The minimum Gasteiger partial charge on any atom is -0.494 e. The molecule has 0 bridgehead atoms. The second-order valence-corrected chi connectivity index (χ2v) is 6.03. The molecule has 0 heterocycles. The highest BCUT2D eigenvalue weighted by molar-refractivity contribution is 14.1. The molecule has 0 amide bonds. The van der Waals surface area contributed by atoms with Gasteiger partial charge in [-0.15, -0.1) is 0 Å². The van der Waals surface area contributed by atoms with Crippen molar-refractivity contribution in [1.29, 1.82) is 5.26 Å². The Balaban J connectivity index is 1.86. The Morgan fingerprint density at radius 3 is 2.81 bits per heavy atom. The Bertz CT molecular complexity index is 646. The summed E-state index contributed by atoms with van der Waals surface area (Å²) < 4.78 is 7.01. The summed E-state index contributed by atoms with van der Waals surface area (Å²) in [5.41, 5.74) is 3.24. The van der Waals surface area contributed by atoms with Crippen molar-refractivity contribution in [3.63, 3.8) is 0 Å². The number of nitriles is 1. The quantitative estimate of drug-likeness (QED) is 0.527. The van der Waals surface area contributed by atoms with Gasteiger partial charge in [0.2, 0.25) is 0 Å². The molecule has 0 saturated heterocycles. The first-order chi connectivity index (χ1) is 10.2. The van der Waals surface area contributed by atoms with E-state index in [0.717, 1.165) is 30.6 Å². The lowest BCUT2D eigenvalue weighted by Gasteiger charge is -2.08. The van der Waals surface area contributed by atoms with Crippen molar-refractivity contribution >= 4 is 22.6 Å². The minimum atomic E-state index is 0.694. The van der Waals surface area contributed by atoms with E-state index in [2.05, 4.69) is 47.7 Å². The average Bonchev–Trinajstić information content (AvgIpc) is 2.53. The molecule has 2 nitrogen and oxygen atoms in total. The van der Waals surface area contributed by atoms with Crippen molar-refractivity contribution in [2.24, 2.45) is 0 Å². The van der Waals surface area contributed by atoms with Gasteiger partial charge in [-0.1, -0.05) is 19.1 Å². The number of nitrogens with zero attached hydrogens (tertiary/aromatic N) is 1. The molecule has 2 rings (SSSR count). The van der Waals surface area contributed by atoms with E-state index < -0.39 is 0 Å². The first kappa shape index (κ1) is 15.8. The van der Waals surface area contributed by atoms with Gasteiger partial charge in [0.25, 0.3) is 0 Å². The number of hydrogen-bond acceptors (Lipinski definition) is 2. The third-order valence-corrected chi connectivity index (χ3v) is 4.39. The molecular weight excluding hydrogens is 373 g/mol. The van der Waals surface area contributed by atoms with Crippen LogP contribution in [0.25, 0.3) is 0 Å². The maximum atomic E-state index is 8.95. The summed E-state index contributed by atoms with van der Waals surface area (Å²) in [4.78, 5) is 0. The zero-order valence-corrected chi connectivity index (χ0v) is 14.3. The third-order valence-electron chi connectivity index (χ3n) is 3.34. The number of benzene rings is 2. The fraction of sp³-hybridized carbons (Fsp3) is 0.278. The molecule has 108 valence electrons. The summed E-state index contributed by atoms with van der Waals surface area (Å²) in [5.74, 6) is 0.940. The summed E-state index contributed by atoms with van der Waals surface area (Å²) in [7, 11) is 0. The summed E-state index contributed by atoms with van der Waals surface area (Å²) in [5, 5.41) is 8.95. The standard InChI is InChI=1S/C18H18INO/c1-2-14-5-3-7-17(12-14)21-10-4-6-16-11-15(13-20)8-9-18(16)19/h3,5,7-9,11-12H,2,4,6,10H2,1H3. The Kier molecular flexibility index (Phi) is 6.06. The van der Waals surface area contributed by atoms with Crippen molar-refractivity contribution < 1.29 is 4.74 Å². The highest BCUT2D eigenvalue weighted by atomic mass is 127. The molecular formula is C18H18INO. The van der Waals surface area contributed by atoms with Crippen LogP contribution < -0.4 is 4.74 Å². The maximum absolute atomic E-state index is 8.95. The fourth-order valence-corrected chi connectivity index (χ4v) is 2.75. The Morgan fingerprint density at radius 2 is 2.05 bits per heavy atom. The normalized spacial score (nSPS) is 10.1. The Morgan fingerprint density at radius 1 is 1.19 bits per heavy atom. The van der Waals surface area contributed by atoms with E-state index in [1.807, 2.05) is 30.3 Å². The van der Waals surface area contributed by atoms with Crippen LogP contribution in [0.5, 0.6) is 5.75 Å². The first-order valence-corrected chi connectivity index (χ1v) is 8.21. The third kappa shape index (κ3) is 4.75. The van der Waals surface area contributed by atoms with Gasteiger partial charge in [-0.05, 0) is 83.3 Å². The van der Waals surface area contributed by atoms with Crippen LogP contribution in [0.4, 0.5) is 0 Å². The molecule has 0 aliphatic carbocycles. The predicted octanol–water partition coefficient (Wildman–Crippen LogP) is 4.74. The molecule has 0 aliphatic heterocycles. The molecule has 2 aromatic rings. The fourth-order valence-electron chi connectivity index (χ4n) is 2.14. The van der Waals surface area contributed by atoms with Crippen LogP contribution in [0.2, 0.25) is 0 Å². The molecule has 0 atom stereocenters. The highest BCUT2D eigenvalue weighted by Crippen LogP contribution is 2.17. The number of rotatable bonds is 6. The van der Waals surface area contributed by atoms with Gasteiger partial charge in [-0.2, -0.15) is 5.26 Å². The van der Waals surface area contributed by atoms with Crippen molar-refractivity contribution in [3.05, 3.63) is 62.7 Å². The molecule has 0 aliphatic rings. The van der Waals surface area contributed by atoms with Gasteiger partial charge in [0.05, 0.1) is 18.2 Å². The van der Waals surface area contributed by atoms with E-state index in [-0.39, 0.29) is 0 Å². The second-order valence-electron chi connectivity index (χ2n) is 4.87. The number of halogens is 1. The highest BCUT2D eigenvalue weighted by Gasteiger charge is 2.02. The number of ether oxygens (including phenoxy) is 1. The Hall–Kier alpha value is -1.54. The van der Waals surface area contributed by atoms with Gasteiger partial charge in [-0.25, -0.2) is 0 Å². The monoisotopic (exact) mass is 391 g/mol. The van der Waals surface area contributed by atoms with E-state index in [4.69, 9.17) is 10.00 Å². The van der Waals surface area contributed by atoms with Crippen molar-refractivity contribution in [2.45, 2.75) is 26.2 Å². The molecule has 0 unspecified atom stereocenters. The van der Waals surface area contributed by atoms with Gasteiger partial charge in [0.1, 0.15) is 5.75 Å². The van der Waals surface area contributed by atoms with Crippen LogP contribution in [0.1, 0.15) is 30.0 Å². The zero-order valence-electron chi connectivity index (χ0n) is 12.1. The van der Waals surface area contributed by atoms with E-state index in [9.17, 15) is 0 Å². The summed E-state index contributed by atoms with van der Waals surface area (Å²) in [6.07, 6.45) is 2.90. The van der Waals surface area contributed by atoms with Crippen LogP contribution in [-0.4, -0.2) is 6.61 Å². The summed E-state index contributed by atoms with van der Waals surface area (Å²) in [6.45, 7) is 2.84. The van der Waals surface area contributed by atoms with Gasteiger partial charge in [-0.3, -0.25) is 0 Å². The van der Waals surface area contributed by atoms with Crippen molar-refractivity contribution in [3.8, 4) is 11.8 Å². The molecule has 0 radical (unpaired) electrons. The van der Waals surface area contributed by atoms with Gasteiger partial charge >= 0.3 is 0 Å². The molecule has 0 saturated carbocycles. The first-order valence-electron chi connectivity index (χ1n) is 7.13. The molecule has 21 heavy (non-hydrogen) atoms. The Labute approximate surface area is 139 Å². The lowest BCUT2D eigenvalue weighted by molar-refractivity contribution is 0.310. The van der Waals surface area contributed by atoms with Gasteiger partial charge < -0.3 is 4.74 Å². The average molecular weight is 391 g/mol. The zero-order chi connectivity index (χ0) is 15.1. The molecule has 2 aromatic carbocycles. The lowest BCUT2D eigenvalue weighted by atomic mass is 10.1. The van der Waals surface area contributed by atoms with E-state index in [1.54, 1.807) is 0 Å². The SMILES string of the molecule is CCc1cccc(OCCCc2cc(C#N)ccc2I)c1. The van der Waals surface area contributed by atoms with E-state index in [0.29, 0.717) is 6.61 Å². The molecule has 0 fully saturated rings. The summed E-state index contributed by atoms with van der Waals surface area (Å²) in [6, 6.07) is 16.3. The van der Waals surface area contributed by atoms with Crippen LogP contribution in [-0.2, 0) is 12.8 Å². The molecule has 0 spiro atoms. The second kappa shape index (κ2) is 8.04. The molecule has 0 aromatic heterocycles. The van der Waals surface area contributed by atoms with Crippen molar-refractivity contribution in [2.75, 3.05) is 6.61 Å². The van der Waals surface area contributed by atoms with Gasteiger partial charge in [0, 0.05) is 3.57 Å². The number of aryl methyl sites for hydroxylation is 2. The molecule has 0 N–H and O–H groups in total. The maximum Gasteiger partial charge on any atom is 0.119 e. The topological polar surface area (TPSA) is 33.0 Å². The van der Waals surface area contributed by atoms with Crippen LogP contribution in [0.15, 0.2) is 42.5 Å². The van der Waals surface area contributed by atoms with Gasteiger partial charge in [0.15, 0.2) is 0 Å². The minimum absolute atomic E-state index is 0.694. The molecule has 3 heteroatoms. The van der Waals surface area contributed by atoms with E-state index >= 15 is 0 Å². The van der Waals surface area contributed by atoms with Crippen molar-refractivity contribution in [1.82, 2.24) is 0 Å². The van der Waals surface area contributed by atoms with Crippen LogP contribution >= 0.6 is 22.6 Å². The van der Waals surface area contributed by atoms with Crippen LogP contribution in [0.3, 0.4) is 0 Å². The summed E-state index contributed by atoms with van der Waals surface area (Å²) >= 11 is 2.32. The van der Waals surface area contributed by atoms with Crippen LogP contribution in [0, 0.1) is 14.9 Å². The lowest BCUT2D eigenvalue weighted by Crippen LogP contribution is -2.01. The smallest absolute Gasteiger partial charge is 0.119 e. The van der Waals surface area contributed by atoms with E-state index in [1.165, 1.54) is 14.7 Å². The largest absolute Gasteiger partial charge is 0.494 e.